The Labute approximate surface area is 67.2 Å². The van der Waals surface area contributed by atoms with E-state index in [0.29, 0.717) is 4.48 Å². The molecule has 56 valence electrons. The van der Waals surface area contributed by atoms with Gasteiger partial charge in [-0.2, -0.15) is 4.39 Å². The fourth-order valence-corrected chi connectivity index (χ4v) is 0.704. The highest BCUT2D eigenvalue weighted by atomic mass is 79.9. The molecule has 10 heavy (non-hydrogen) atoms. The zero-order valence-electron chi connectivity index (χ0n) is 5.53. The molecule has 0 aromatic heterocycles. The smallest absolute Gasteiger partial charge is 0.255 e. The maximum atomic E-state index is 12.5. The highest BCUT2D eigenvalue weighted by Crippen LogP contribution is 2.20. The van der Waals surface area contributed by atoms with Crippen molar-refractivity contribution in [2.24, 2.45) is 4.99 Å². The Bertz CT molecular complexity index is 188. The molecule has 0 radical (unpaired) electrons. The van der Waals surface area contributed by atoms with Crippen molar-refractivity contribution in [1.82, 2.24) is 0 Å². The zero-order chi connectivity index (χ0) is 8.15. The minimum absolute atomic E-state index is 0.0324. The van der Waals surface area contributed by atoms with Gasteiger partial charge in [-0.3, -0.25) is 0 Å². The number of methoxy groups -OCH3 is 1. The van der Waals surface area contributed by atoms with Crippen LogP contribution in [-0.4, -0.2) is 13.8 Å². The van der Waals surface area contributed by atoms with Gasteiger partial charge in [0.2, 0.25) is 0 Å². The summed E-state index contributed by atoms with van der Waals surface area (Å²) < 4.78 is 17.4. The molecule has 0 spiro atoms. The minimum Gasteiger partial charge on any atom is -0.491 e. The summed E-state index contributed by atoms with van der Waals surface area (Å²) in [6, 6.07) is 0. The van der Waals surface area contributed by atoms with Crippen LogP contribution in [0.2, 0.25) is 0 Å². The van der Waals surface area contributed by atoms with Crippen molar-refractivity contribution in [3.8, 4) is 0 Å². The molecule has 0 aromatic carbocycles. The lowest BCUT2D eigenvalue weighted by Gasteiger charge is -2.01. The van der Waals surface area contributed by atoms with Crippen LogP contribution in [0.15, 0.2) is 27.8 Å². The van der Waals surface area contributed by atoms with Gasteiger partial charge >= 0.3 is 0 Å². The summed E-state index contributed by atoms with van der Waals surface area (Å²) in [6.07, 6.45) is 0. The van der Waals surface area contributed by atoms with E-state index in [9.17, 15) is 4.39 Å². The molecular weight excluding hydrogens is 201 g/mol. The number of nitrogens with zero attached hydrogens (tertiary/aromatic N) is 1. The van der Waals surface area contributed by atoms with Gasteiger partial charge < -0.3 is 4.74 Å². The van der Waals surface area contributed by atoms with E-state index >= 15 is 0 Å². The molecule has 0 aliphatic carbocycles. The van der Waals surface area contributed by atoms with Crippen LogP contribution in [0, 0.1) is 0 Å². The third kappa shape index (κ3) is 2.31. The second-order valence-electron chi connectivity index (χ2n) is 1.39. The van der Waals surface area contributed by atoms with E-state index in [4.69, 9.17) is 0 Å². The van der Waals surface area contributed by atoms with E-state index < -0.39 is 5.95 Å². The van der Waals surface area contributed by atoms with Gasteiger partial charge in [-0.15, -0.1) is 0 Å². The Morgan fingerprint density at radius 3 is 2.30 bits per heavy atom. The average molecular weight is 208 g/mol. The molecule has 0 bridgehead atoms. The molecule has 4 heteroatoms. The minimum atomic E-state index is -0.774. The normalized spacial score (nSPS) is 11.9. The standard InChI is InChI=1S/C6H7BrFNO/c1-4(7)5(10-3)6(8)9-2/h1-2H2,3H3/b6-5+. The largest absolute Gasteiger partial charge is 0.491 e. The molecule has 0 aliphatic rings. The third-order valence-electron chi connectivity index (χ3n) is 0.777. The third-order valence-corrected chi connectivity index (χ3v) is 1.14. The molecule has 0 amide bonds. The molecule has 2 nitrogen and oxygen atoms in total. The molecule has 0 aliphatic heterocycles. The Balaban J connectivity index is 4.62. The Hall–Kier alpha value is -0.640. The number of halogens is 2. The van der Waals surface area contributed by atoms with Gasteiger partial charge in [0.1, 0.15) is 0 Å². The van der Waals surface area contributed by atoms with E-state index in [1.165, 1.54) is 7.11 Å². The molecule has 0 aromatic rings. The first-order chi connectivity index (χ1) is 4.63. The van der Waals surface area contributed by atoms with Crippen LogP contribution in [0.3, 0.4) is 0 Å². The second kappa shape index (κ2) is 4.22. The first-order valence-electron chi connectivity index (χ1n) is 2.38. The lowest BCUT2D eigenvalue weighted by molar-refractivity contribution is 0.288. The fraction of sp³-hybridized carbons (Fsp3) is 0.167. The quantitative estimate of drug-likeness (QED) is 0.302. The molecule has 0 rings (SSSR count). The number of hydrogen-bond acceptors (Lipinski definition) is 2. The maximum absolute atomic E-state index is 12.5. The predicted octanol–water partition coefficient (Wildman–Crippen LogP) is 2.38. The monoisotopic (exact) mass is 207 g/mol. The number of allylic oxidation sites excluding steroid dienone is 1. The SMILES string of the molecule is C=N/C(F)=C(/OC)C(=C)Br. The summed E-state index contributed by atoms with van der Waals surface area (Å²) in [5, 5.41) is 0. The molecule has 0 atom stereocenters. The van der Waals surface area contributed by atoms with Crippen molar-refractivity contribution in [2.45, 2.75) is 0 Å². The van der Waals surface area contributed by atoms with Crippen LogP contribution in [-0.2, 0) is 4.74 Å². The lowest BCUT2D eigenvalue weighted by Crippen LogP contribution is -1.87. The summed E-state index contributed by atoms with van der Waals surface area (Å²) in [6.45, 7) is 6.39. The van der Waals surface area contributed by atoms with Gasteiger partial charge in [-0.25, -0.2) is 4.99 Å². The highest BCUT2D eigenvalue weighted by molar-refractivity contribution is 9.11. The van der Waals surface area contributed by atoms with Gasteiger partial charge in [-0.1, -0.05) is 6.58 Å². The molecule has 0 N–H and O–H groups in total. The molecular formula is C6H7BrFNO. The van der Waals surface area contributed by atoms with Gasteiger partial charge in [0.15, 0.2) is 5.76 Å². The summed E-state index contributed by atoms with van der Waals surface area (Å²) in [7, 11) is 1.33. The van der Waals surface area contributed by atoms with E-state index in [-0.39, 0.29) is 5.76 Å². The Kier molecular flexibility index (Phi) is 3.95. The maximum Gasteiger partial charge on any atom is 0.255 e. The molecule has 0 saturated heterocycles. The summed E-state index contributed by atoms with van der Waals surface area (Å²) >= 11 is 2.94. The van der Waals surface area contributed by atoms with Crippen LogP contribution in [0.1, 0.15) is 0 Å². The second-order valence-corrected chi connectivity index (χ2v) is 2.34. The number of hydrogen-bond donors (Lipinski definition) is 0. The van der Waals surface area contributed by atoms with Crippen molar-refractivity contribution in [1.29, 1.82) is 0 Å². The predicted molar refractivity (Wildman–Crippen MR) is 42.8 cm³/mol. The van der Waals surface area contributed by atoms with Crippen molar-refractivity contribution in [3.63, 3.8) is 0 Å². The van der Waals surface area contributed by atoms with Crippen molar-refractivity contribution in [2.75, 3.05) is 7.11 Å². The van der Waals surface area contributed by atoms with Crippen LogP contribution in [0.4, 0.5) is 4.39 Å². The number of ether oxygens (including phenoxy) is 1. The zero-order valence-corrected chi connectivity index (χ0v) is 7.11. The molecule has 0 unspecified atom stereocenters. The van der Waals surface area contributed by atoms with Crippen LogP contribution < -0.4 is 0 Å². The van der Waals surface area contributed by atoms with Crippen LogP contribution in [0.5, 0.6) is 0 Å². The average Bonchev–Trinajstić information content (AvgIpc) is 1.88. The van der Waals surface area contributed by atoms with E-state index in [1.54, 1.807) is 0 Å². The number of rotatable bonds is 3. The van der Waals surface area contributed by atoms with Gasteiger partial charge in [0, 0.05) is 0 Å². The summed E-state index contributed by atoms with van der Waals surface area (Å²) in [4.78, 5) is 3.03. The van der Waals surface area contributed by atoms with Gasteiger partial charge in [0.05, 0.1) is 11.6 Å². The fourth-order valence-electron chi connectivity index (χ4n) is 0.379. The topological polar surface area (TPSA) is 21.6 Å². The summed E-state index contributed by atoms with van der Waals surface area (Å²) in [5.41, 5.74) is 0. The Morgan fingerprint density at radius 1 is 1.70 bits per heavy atom. The number of aliphatic imine (C=N–C) groups is 1. The Morgan fingerprint density at radius 2 is 2.20 bits per heavy atom. The highest BCUT2D eigenvalue weighted by Gasteiger charge is 2.05. The first-order valence-corrected chi connectivity index (χ1v) is 3.18. The van der Waals surface area contributed by atoms with Crippen LogP contribution in [0.25, 0.3) is 0 Å². The molecule has 0 saturated carbocycles. The van der Waals surface area contributed by atoms with E-state index in [1.807, 2.05) is 0 Å². The summed E-state index contributed by atoms with van der Waals surface area (Å²) in [5.74, 6) is -0.806. The first kappa shape index (κ1) is 9.36. The van der Waals surface area contributed by atoms with Crippen molar-refractivity contribution in [3.05, 3.63) is 22.8 Å². The molecule has 0 fully saturated rings. The van der Waals surface area contributed by atoms with E-state index in [2.05, 4.69) is 39.0 Å². The van der Waals surface area contributed by atoms with Gasteiger partial charge in [0.25, 0.3) is 5.95 Å². The lowest BCUT2D eigenvalue weighted by atomic mass is 10.5. The van der Waals surface area contributed by atoms with Crippen molar-refractivity contribution < 1.29 is 9.13 Å². The van der Waals surface area contributed by atoms with Crippen molar-refractivity contribution >= 4 is 22.6 Å². The molecule has 0 heterocycles. The van der Waals surface area contributed by atoms with E-state index in [0.717, 1.165) is 0 Å². The van der Waals surface area contributed by atoms with Crippen LogP contribution >= 0.6 is 15.9 Å². The van der Waals surface area contributed by atoms with Gasteiger partial charge in [-0.05, 0) is 22.6 Å².